The molecule has 0 aromatic heterocycles. The van der Waals surface area contributed by atoms with Crippen molar-refractivity contribution in [2.75, 3.05) is 25.4 Å². The maximum absolute atomic E-state index is 12.0. The number of hydrogen-bond acceptors (Lipinski definition) is 4. The predicted molar refractivity (Wildman–Crippen MR) is 81.1 cm³/mol. The Morgan fingerprint density at radius 1 is 1.48 bits per heavy atom. The molecule has 1 atom stereocenters. The first-order valence-electron chi connectivity index (χ1n) is 6.97. The monoisotopic (exact) mass is 310 g/mol. The molecule has 6 heteroatoms. The largest absolute Gasteiger partial charge is 0.452 e. The summed E-state index contributed by atoms with van der Waals surface area (Å²) >= 11 is 5.77. The van der Waals surface area contributed by atoms with E-state index in [1.54, 1.807) is 11.0 Å². The molecule has 1 aliphatic rings. The van der Waals surface area contributed by atoms with Crippen LogP contribution in [-0.4, -0.2) is 36.5 Å². The lowest BCUT2D eigenvalue weighted by atomic mass is 10.0. The van der Waals surface area contributed by atoms with Gasteiger partial charge in [0.05, 0.1) is 5.56 Å². The fourth-order valence-corrected chi connectivity index (χ4v) is 2.61. The number of nitrogen functional groups attached to an aromatic ring is 1. The molecule has 1 saturated heterocycles. The van der Waals surface area contributed by atoms with Crippen molar-refractivity contribution in [3.05, 3.63) is 28.8 Å². The number of nitrogens with two attached hydrogens (primary N) is 1. The number of amides is 1. The van der Waals surface area contributed by atoms with Crippen LogP contribution in [0.3, 0.4) is 0 Å². The number of nitrogens with zero attached hydrogens (tertiary/aromatic N) is 1. The van der Waals surface area contributed by atoms with Crippen molar-refractivity contribution in [2.24, 2.45) is 5.92 Å². The van der Waals surface area contributed by atoms with Crippen molar-refractivity contribution in [3.63, 3.8) is 0 Å². The number of benzene rings is 1. The van der Waals surface area contributed by atoms with Crippen LogP contribution in [-0.2, 0) is 9.53 Å². The van der Waals surface area contributed by atoms with Gasteiger partial charge in [-0.25, -0.2) is 4.79 Å². The van der Waals surface area contributed by atoms with E-state index < -0.39 is 5.97 Å². The molecule has 0 saturated carbocycles. The van der Waals surface area contributed by atoms with Gasteiger partial charge in [-0.1, -0.05) is 18.5 Å². The van der Waals surface area contributed by atoms with Gasteiger partial charge in [-0.2, -0.15) is 0 Å². The molecule has 1 aromatic carbocycles. The van der Waals surface area contributed by atoms with Crippen molar-refractivity contribution in [1.82, 2.24) is 4.90 Å². The molecule has 1 heterocycles. The van der Waals surface area contributed by atoms with Gasteiger partial charge in [0.1, 0.15) is 0 Å². The van der Waals surface area contributed by atoms with Gasteiger partial charge in [0.25, 0.3) is 5.91 Å². The summed E-state index contributed by atoms with van der Waals surface area (Å²) in [6.07, 6.45) is 2.12. The lowest BCUT2D eigenvalue weighted by Gasteiger charge is -2.30. The van der Waals surface area contributed by atoms with Crippen LogP contribution in [0.4, 0.5) is 5.69 Å². The van der Waals surface area contributed by atoms with Gasteiger partial charge in [-0.05, 0) is 37.0 Å². The highest BCUT2D eigenvalue weighted by molar-refractivity contribution is 6.31. The Bertz CT molecular complexity index is 548. The molecular weight excluding hydrogens is 292 g/mol. The third kappa shape index (κ3) is 4.11. The second-order valence-electron chi connectivity index (χ2n) is 5.39. The Hall–Kier alpha value is -1.75. The van der Waals surface area contributed by atoms with E-state index in [1.165, 1.54) is 12.1 Å². The molecule has 2 N–H and O–H groups in total. The summed E-state index contributed by atoms with van der Waals surface area (Å²) in [4.78, 5) is 25.7. The molecular formula is C15H19ClN2O3. The molecule has 1 amide bonds. The molecule has 0 radical (unpaired) electrons. The van der Waals surface area contributed by atoms with Gasteiger partial charge in [-0.3, -0.25) is 4.79 Å². The van der Waals surface area contributed by atoms with Crippen LogP contribution in [0.5, 0.6) is 0 Å². The van der Waals surface area contributed by atoms with Crippen molar-refractivity contribution in [1.29, 1.82) is 0 Å². The zero-order valence-electron chi connectivity index (χ0n) is 12.0. The number of esters is 1. The molecule has 1 aromatic rings. The van der Waals surface area contributed by atoms with E-state index in [1.807, 2.05) is 0 Å². The molecule has 0 aliphatic carbocycles. The SMILES string of the molecule is C[C@H]1CCCN(C(=O)COC(=O)c2ccc(Cl)cc2N)C1. The first kappa shape index (κ1) is 15.6. The quantitative estimate of drug-likeness (QED) is 0.687. The van der Waals surface area contributed by atoms with Gasteiger partial charge in [0.2, 0.25) is 0 Å². The lowest BCUT2D eigenvalue weighted by Crippen LogP contribution is -2.41. The van der Waals surface area contributed by atoms with Crippen molar-refractivity contribution >= 4 is 29.2 Å². The number of halogens is 1. The average Bonchev–Trinajstić information content (AvgIpc) is 2.44. The summed E-state index contributed by atoms with van der Waals surface area (Å²) in [5.41, 5.74) is 6.17. The van der Waals surface area contributed by atoms with Gasteiger partial charge >= 0.3 is 5.97 Å². The van der Waals surface area contributed by atoms with Gasteiger partial charge < -0.3 is 15.4 Å². The Morgan fingerprint density at radius 3 is 2.90 bits per heavy atom. The Labute approximate surface area is 129 Å². The van der Waals surface area contributed by atoms with Crippen molar-refractivity contribution < 1.29 is 14.3 Å². The summed E-state index contributed by atoms with van der Waals surface area (Å²) in [5, 5.41) is 0.447. The van der Waals surface area contributed by atoms with Crippen LogP contribution in [0, 0.1) is 5.92 Å². The van der Waals surface area contributed by atoms with E-state index in [4.69, 9.17) is 22.1 Å². The fourth-order valence-electron chi connectivity index (χ4n) is 2.43. The topological polar surface area (TPSA) is 72.6 Å². The zero-order valence-corrected chi connectivity index (χ0v) is 12.7. The van der Waals surface area contributed by atoms with Crippen LogP contribution in [0.1, 0.15) is 30.1 Å². The van der Waals surface area contributed by atoms with E-state index in [0.29, 0.717) is 10.9 Å². The number of rotatable bonds is 3. The standard InChI is InChI=1S/C15H19ClN2O3/c1-10-3-2-6-18(8-10)14(19)9-21-15(20)12-5-4-11(16)7-13(12)17/h4-5,7,10H,2-3,6,8-9,17H2,1H3/t10-/m0/s1. The molecule has 5 nitrogen and oxygen atoms in total. The molecule has 1 fully saturated rings. The van der Waals surface area contributed by atoms with E-state index in [2.05, 4.69) is 6.92 Å². The van der Waals surface area contributed by atoms with E-state index in [9.17, 15) is 9.59 Å². The number of piperidine rings is 1. The average molecular weight is 311 g/mol. The highest BCUT2D eigenvalue weighted by atomic mass is 35.5. The minimum atomic E-state index is -0.609. The van der Waals surface area contributed by atoms with Gasteiger partial charge in [0, 0.05) is 23.8 Å². The number of hydrogen-bond donors (Lipinski definition) is 1. The molecule has 0 unspecified atom stereocenters. The van der Waals surface area contributed by atoms with Crippen LogP contribution < -0.4 is 5.73 Å². The maximum Gasteiger partial charge on any atom is 0.340 e. The minimum absolute atomic E-state index is 0.164. The number of ether oxygens (including phenoxy) is 1. The van der Waals surface area contributed by atoms with E-state index >= 15 is 0 Å². The normalized spacial score (nSPS) is 18.4. The van der Waals surface area contributed by atoms with Crippen LogP contribution in [0.25, 0.3) is 0 Å². The smallest absolute Gasteiger partial charge is 0.340 e. The summed E-state index contributed by atoms with van der Waals surface area (Å²) in [7, 11) is 0. The van der Waals surface area contributed by atoms with Crippen LogP contribution in [0.15, 0.2) is 18.2 Å². The summed E-state index contributed by atoms with van der Waals surface area (Å²) in [6.45, 7) is 3.30. The molecule has 21 heavy (non-hydrogen) atoms. The van der Waals surface area contributed by atoms with Crippen LogP contribution >= 0.6 is 11.6 Å². The third-order valence-corrected chi connectivity index (χ3v) is 3.81. The van der Waals surface area contributed by atoms with Gasteiger partial charge in [-0.15, -0.1) is 0 Å². The van der Waals surface area contributed by atoms with Crippen molar-refractivity contribution in [2.45, 2.75) is 19.8 Å². The Kier molecular flexibility index (Phi) is 5.07. The Morgan fingerprint density at radius 2 is 2.24 bits per heavy atom. The first-order valence-corrected chi connectivity index (χ1v) is 7.35. The first-order chi connectivity index (χ1) is 9.97. The zero-order chi connectivity index (χ0) is 15.4. The summed E-state index contributed by atoms with van der Waals surface area (Å²) in [5.74, 6) is -0.282. The Balaban J connectivity index is 1.90. The van der Waals surface area contributed by atoms with E-state index in [0.717, 1.165) is 25.9 Å². The number of carbonyl (C=O) groups is 2. The molecule has 0 spiro atoms. The fraction of sp³-hybridized carbons (Fsp3) is 0.467. The van der Waals surface area contributed by atoms with Gasteiger partial charge in [0.15, 0.2) is 6.61 Å². The second-order valence-corrected chi connectivity index (χ2v) is 5.83. The number of carbonyl (C=O) groups excluding carboxylic acids is 2. The van der Waals surface area contributed by atoms with Crippen molar-refractivity contribution in [3.8, 4) is 0 Å². The molecule has 1 aliphatic heterocycles. The third-order valence-electron chi connectivity index (χ3n) is 3.57. The highest BCUT2D eigenvalue weighted by Gasteiger charge is 2.22. The summed E-state index contributed by atoms with van der Waals surface area (Å²) < 4.78 is 5.05. The highest BCUT2D eigenvalue weighted by Crippen LogP contribution is 2.19. The minimum Gasteiger partial charge on any atom is -0.452 e. The maximum atomic E-state index is 12.0. The predicted octanol–water partition coefficient (Wildman–Crippen LogP) is 2.34. The molecule has 0 bridgehead atoms. The molecule has 114 valence electrons. The second kappa shape index (κ2) is 6.80. The van der Waals surface area contributed by atoms with E-state index in [-0.39, 0.29) is 23.8 Å². The lowest BCUT2D eigenvalue weighted by molar-refractivity contribution is -0.136. The number of anilines is 1. The van der Waals surface area contributed by atoms with Crippen LogP contribution in [0.2, 0.25) is 5.02 Å². The summed E-state index contributed by atoms with van der Waals surface area (Å²) in [6, 6.07) is 4.53. The number of likely N-dealkylation sites (tertiary alicyclic amines) is 1. The molecule has 2 rings (SSSR count).